The zero-order chi connectivity index (χ0) is 22.2. The first-order chi connectivity index (χ1) is 15.5. The summed E-state index contributed by atoms with van der Waals surface area (Å²) < 4.78 is 1.78. The molecular weight excluding hydrogens is 479 g/mol. The van der Waals surface area contributed by atoms with Crippen molar-refractivity contribution in [2.24, 2.45) is 0 Å². The van der Waals surface area contributed by atoms with Crippen LogP contribution in [0.3, 0.4) is 0 Å². The molecule has 0 saturated heterocycles. The topological polar surface area (TPSA) is 34.9 Å². The fourth-order valence-corrected chi connectivity index (χ4v) is 6.75. The van der Waals surface area contributed by atoms with Crippen molar-refractivity contribution in [2.45, 2.75) is 49.9 Å². The van der Waals surface area contributed by atoms with Gasteiger partial charge < -0.3 is 0 Å². The molecule has 164 valence electrons. The Hall–Kier alpha value is -1.79. The zero-order valence-electron chi connectivity index (χ0n) is 17.7. The molecule has 32 heavy (non-hydrogen) atoms. The van der Waals surface area contributed by atoms with Gasteiger partial charge in [0.05, 0.1) is 21.1 Å². The van der Waals surface area contributed by atoms with Crippen LogP contribution in [-0.2, 0) is 25.0 Å². The lowest BCUT2D eigenvalue weighted by atomic mass is 9.97. The minimum atomic E-state index is 0.0373. The molecule has 2 aromatic heterocycles. The molecular formula is C25H22Cl2N2OS2. The maximum absolute atomic E-state index is 13.8. The largest absolute Gasteiger partial charge is 0.268 e. The van der Waals surface area contributed by atoms with Gasteiger partial charge in [-0.2, -0.15) is 0 Å². The third kappa shape index (κ3) is 4.12. The van der Waals surface area contributed by atoms with Gasteiger partial charge in [-0.05, 0) is 73.1 Å². The van der Waals surface area contributed by atoms with E-state index in [0.29, 0.717) is 21.0 Å². The molecule has 0 aliphatic heterocycles. The Kier molecular flexibility index (Phi) is 6.35. The normalized spacial score (nSPS) is 13.5. The number of nitrogens with zero attached hydrogens (tertiary/aromatic N) is 2. The van der Waals surface area contributed by atoms with Gasteiger partial charge in [0.25, 0.3) is 5.56 Å². The molecule has 0 bridgehead atoms. The van der Waals surface area contributed by atoms with Gasteiger partial charge in [0.15, 0.2) is 5.16 Å². The van der Waals surface area contributed by atoms with E-state index in [1.807, 2.05) is 24.3 Å². The molecule has 1 aliphatic rings. The Balaban J connectivity index is 1.63. The van der Waals surface area contributed by atoms with E-state index in [1.54, 1.807) is 33.7 Å². The highest BCUT2D eigenvalue weighted by Gasteiger charge is 2.23. The average Bonchev–Trinajstić information content (AvgIpc) is 3.19. The summed E-state index contributed by atoms with van der Waals surface area (Å²) in [6.07, 6.45) is 5.30. The van der Waals surface area contributed by atoms with Crippen LogP contribution in [0.15, 0.2) is 52.4 Å². The number of hydrogen-bond donors (Lipinski definition) is 0. The van der Waals surface area contributed by atoms with Gasteiger partial charge >= 0.3 is 0 Å². The molecule has 2 heterocycles. The average molecular weight is 502 g/mol. The van der Waals surface area contributed by atoms with E-state index in [2.05, 4.69) is 19.1 Å². The molecule has 0 N–H and O–H groups in total. The van der Waals surface area contributed by atoms with Crippen molar-refractivity contribution < 1.29 is 0 Å². The van der Waals surface area contributed by atoms with Gasteiger partial charge in [-0.15, -0.1) is 11.3 Å². The van der Waals surface area contributed by atoms with Crippen LogP contribution in [0.5, 0.6) is 0 Å². The fraction of sp³-hybridized carbons (Fsp3) is 0.280. The van der Waals surface area contributed by atoms with Gasteiger partial charge in [-0.25, -0.2) is 4.98 Å². The lowest BCUT2D eigenvalue weighted by Gasteiger charge is -2.14. The Morgan fingerprint density at radius 1 is 1.03 bits per heavy atom. The first-order valence-electron chi connectivity index (χ1n) is 10.8. The molecule has 0 unspecified atom stereocenters. The third-order valence-electron chi connectivity index (χ3n) is 5.91. The number of aryl methyl sites for hydroxylation is 3. The van der Waals surface area contributed by atoms with Crippen molar-refractivity contribution in [2.75, 3.05) is 0 Å². The molecule has 0 fully saturated rings. The number of benzene rings is 2. The Morgan fingerprint density at radius 2 is 1.78 bits per heavy atom. The van der Waals surface area contributed by atoms with E-state index >= 15 is 0 Å². The third-order valence-corrected chi connectivity index (χ3v) is 8.85. The number of hydrogen-bond acceptors (Lipinski definition) is 4. The minimum Gasteiger partial charge on any atom is -0.268 e. The van der Waals surface area contributed by atoms with E-state index in [1.165, 1.54) is 22.4 Å². The van der Waals surface area contributed by atoms with Gasteiger partial charge in [-0.3, -0.25) is 9.36 Å². The lowest BCUT2D eigenvalue weighted by molar-refractivity contribution is 0.699. The Bertz CT molecular complexity index is 1360. The smallest absolute Gasteiger partial charge is 0.267 e. The summed E-state index contributed by atoms with van der Waals surface area (Å²) in [5, 5.41) is 2.59. The van der Waals surface area contributed by atoms with Crippen molar-refractivity contribution >= 4 is 56.5 Å². The van der Waals surface area contributed by atoms with Crippen molar-refractivity contribution in [1.82, 2.24) is 9.55 Å². The summed E-state index contributed by atoms with van der Waals surface area (Å²) in [5.74, 6) is 0.646. The van der Waals surface area contributed by atoms with Crippen LogP contribution in [0.2, 0.25) is 10.0 Å². The Labute approximate surface area is 205 Å². The number of rotatable bonds is 5. The molecule has 0 spiro atoms. The van der Waals surface area contributed by atoms with E-state index < -0.39 is 0 Å². The van der Waals surface area contributed by atoms with Crippen LogP contribution < -0.4 is 5.56 Å². The molecule has 3 nitrogen and oxygen atoms in total. The predicted molar refractivity (Wildman–Crippen MR) is 137 cm³/mol. The monoisotopic (exact) mass is 500 g/mol. The lowest BCUT2D eigenvalue weighted by Crippen LogP contribution is -2.22. The molecule has 4 aromatic rings. The van der Waals surface area contributed by atoms with E-state index in [9.17, 15) is 4.79 Å². The molecule has 0 saturated carbocycles. The Morgan fingerprint density at radius 3 is 2.53 bits per heavy atom. The molecule has 1 aliphatic carbocycles. The molecule has 0 amide bonds. The first kappa shape index (κ1) is 22.0. The highest BCUT2D eigenvalue weighted by atomic mass is 35.5. The summed E-state index contributed by atoms with van der Waals surface area (Å²) >= 11 is 15.5. The molecule has 5 rings (SSSR count). The number of thiophene rings is 1. The maximum atomic E-state index is 13.8. The van der Waals surface area contributed by atoms with Crippen molar-refractivity contribution in [3.8, 4) is 5.69 Å². The quantitative estimate of drug-likeness (QED) is 0.210. The van der Waals surface area contributed by atoms with E-state index in [-0.39, 0.29) is 5.56 Å². The number of fused-ring (bicyclic) bond motifs is 3. The second kappa shape index (κ2) is 9.22. The summed E-state index contributed by atoms with van der Waals surface area (Å²) in [4.78, 5) is 21.0. The SMILES string of the molecule is CCc1ccc(-n2c(SCc3ccc(Cl)c(Cl)c3)nc3sc4c(c3c2=O)CCCC4)cc1. The molecule has 2 aromatic carbocycles. The van der Waals surface area contributed by atoms with Crippen molar-refractivity contribution in [1.29, 1.82) is 0 Å². The standard InChI is InChI=1S/C25H22Cl2N2OS2/c1-2-15-7-10-17(11-8-15)29-24(30)22-18-5-3-4-6-21(18)32-23(22)28-25(29)31-14-16-9-12-19(26)20(27)13-16/h7-13H,2-6,14H2,1H3. The summed E-state index contributed by atoms with van der Waals surface area (Å²) in [5.41, 5.74) is 4.39. The van der Waals surface area contributed by atoms with E-state index in [0.717, 1.165) is 47.2 Å². The van der Waals surface area contributed by atoms with Gasteiger partial charge in [-0.1, -0.05) is 60.1 Å². The van der Waals surface area contributed by atoms with Crippen LogP contribution in [0.4, 0.5) is 0 Å². The highest BCUT2D eigenvalue weighted by molar-refractivity contribution is 7.98. The molecule has 0 radical (unpaired) electrons. The van der Waals surface area contributed by atoms with Crippen LogP contribution in [0.1, 0.15) is 41.3 Å². The van der Waals surface area contributed by atoms with Gasteiger partial charge in [0.1, 0.15) is 4.83 Å². The fourth-order valence-electron chi connectivity index (χ4n) is 4.17. The first-order valence-corrected chi connectivity index (χ1v) is 13.3. The van der Waals surface area contributed by atoms with Crippen LogP contribution in [0, 0.1) is 0 Å². The summed E-state index contributed by atoms with van der Waals surface area (Å²) in [6.45, 7) is 2.13. The number of aromatic nitrogens is 2. The van der Waals surface area contributed by atoms with Crippen LogP contribution in [-0.4, -0.2) is 9.55 Å². The second-order valence-corrected chi connectivity index (χ2v) is 10.8. The van der Waals surface area contributed by atoms with Crippen LogP contribution >= 0.6 is 46.3 Å². The van der Waals surface area contributed by atoms with E-state index in [4.69, 9.17) is 28.2 Å². The van der Waals surface area contributed by atoms with Crippen LogP contribution in [0.25, 0.3) is 15.9 Å². The summed E-state index contributed by atoms with van der Waals surface area (Å²) in [7, 11) is 0. The summed E-state index contributed by atoms with van der Waals surface area (Å²) in [6, 6.07) is 13.9. The van der Waals surface area contributed by atoms with Crippen molar-refractivity contribution in [3.63, 3.8) is 0 Å². The van der Waals surface area contributed by atoms with Gasteiger partial charge in [0.2, 0.25) is 0 Å². The number of thioether (sulfide) groups is 1. The molecule has 7 heteroatoms. The number of halogens is 2. The minimum absolute atomic E-state index is 0.0373. The predicted octanol–water partition coefficient (Wildman–Crippen LogP) is 7.49. The molecule has 0 atom stereocenters. The maximum Gasteiger partial charge on any atom is 0.267 e. The zero-order valence-corrected chi connectivity index (χ0v) is 20.8. The highest BCUT2D eigenvalue weighted by Crippen LogP contribution is 2.36. The van der Waals surface area contributed by atoms with Gasteiger partial charge in [0, 0.05) is 10.6 Å². The second-order valence-electron chi connectivity index (χ2n) is 7.98. The van der Waals surface area contributed by atoms with Crippen molar-refractivity contribution in [3.05, 3.63) is 84.4 Å².